The Morgan fingerprint density at radius 3 is 3.00 bits per heavy atom. The third-order valence-corrected chi connectivity index (χ3v) is 3.34. The summed E-state index contributed by atoms with van der Waals surface area (Å²) in [7, 11) is 1.41. The molecule has 0 aromatic carbocycles. The Labute approximate surface area is 129 Å². The van der Waals surface area contributed by atoms with Crippen molar-refractivity contribution >= 4 is 35.1 Å². The minimum atomic E-state index is -0.343. The van der Waals surface area contributed by atoms with Gasteiger partial charge in [-0.2, -0.15) is 4.98 Å². The van der Waals surface area contributed by atoms with Gasteiger partial charge in [-0.1, -0.05) is 23.4 Å². The number of hydrogen-bond donors (Lipinski definition) is 2. The maximum Gasteiger partial charge on any atom is 0.255 e. The van der Waals surface area contributed by atoms with E-state index in [9.17, 15) is 9.59 Å². The van der Waals surface area contributed by atoms with Gasteiger partial charge in [0.05, 0.1) is 24.0 Å². The summed E-state index contributed by atoms with van der Waals surface area (Å²) in [6.45, 7) is 0. The third-order valence-electron chi connectivity index (χ3n) is 2.24. The van der Waals surface area contributed by atoms with Crippen LogP contribution in [0.25, 0.3) is 0 Å². The van der Waals surface area contributed by atoms with E-state index in [4.69, 9.17) is 16.3 Å². The molecular formula is C12H11ClN4O3S. The second-order valence-corrected chi connectivity index (χ2v) is 5.19. The maximum absolute atomic E-state index is 11.8. The molecule has 0 fully saturated rings. The van der Waals surface area contributed by atoms with Gasteiger partial charge in [0.2, 0.25) is 11.8 Å². The van der Waals surface area contributed by atoms with Crippen LogP contribution >= 0.6 is 23.4 Å². The first-order valence-electron chi connectivity index (χ1n) is 5.76. The Kier molecular flexibility index (Phi) is 5.18. The number of ether oxygens (including phenoxy) is 1. The van der Waals surface area contributed by atoms with Crippen LogP contribution in [0, 0.1) is 0 Å². The lowest BCUT2D eigenvalue weighted by molar-refractivity contribution is -0.113. The molecule has 0 aliphatic rings. The Hall–Kier alpha value is -2.06. The first-order chi connectivity index (χ1) is 10.1. The van der Waals surface area contributed by atoms with Crippen molar-refractivity contribution in [3.63, 3.8) is 0 Å². The topological polar surface area (TPSA) is 97.0 Å². The largest absolute Gasteiger partial charge is 0.481 e. The van der Waals surface area contributed by atoms with Crippen LogP contribution in [-0.2, 0) is 4.79 Å². The van der Waals surface area contributed by atoms with E-state index in [1.807, 2.05) is 0 Å². The van der Waals surface area contributed by atoms with Crippen molar-refractivity contribution in [3.8, 4) is 5.88 Å². The van der Waals surface area contributed by atoms with Crippen LogP contribution in [0.15, 0.2) is 34.3 Å². The Morgan fingerprint density at radius 2 is 2.33 bits per heavy atom. The highest BCUT2D eigenvalue weighted by Crippen LogP contribution is 2.15. The van der Waals surface area contributed by atoms with Crippen molar-refractivity contribution in [2.45, 2.75) is 5.16 Å². The van der Waals surface area contributed by atoms with E-state index in [1.54, 1.807) is 12.1 Å². The summed E-state index contributed by atoms with van der Waals surface area (Å²) in [5.74, 6) is 0.388. The summed E-state index contributed by atoms with van der Waals surface area (Å²) >= 11 is 6.78. The van der Waals surface area contributed by atoms with Gasteiger partial charge >= 0.3 is 0 Å². The van der Waals surface area contributed by atoms with Crippen molar-refractivity contribution < 1.29 is 9.53 Å². The number of H-pyrrole nitrogens is 1. The molecule has 0 bridgehead atoms. The fraction of sp³-hybridized carbons (Fsp3) is 0.167. The summed E-state index contributed by atoms with van der Waals surface area (Å²) in [5.41, 5.74) is -0.343. The number of pyridine rings is 1. The van der Waals surface area contributed by atoms with E-state index in [0.29, 0.717) is 16.0 Å². The van der Waals surface area contributed by atoms with Crippen LogP contribution in [0.1, 0.15) is 0 Å². The van der Waals surface area contributed by atoms with Gasteiger partial charge in [0.25, 0.3) is 5.56 Å². The van der Waals surface area contributed by atoms with E-state index in [2.05, 4.69) is 20.3 Å². The van der Waals surface area contributed by atoms with Gasteiger partial charge in [-0.25, -0.2) is 4.98 Å². The molecule has 0 saturated carbocycles. The van der Waals surface area contributed by atoms with Crippen LogP contribution in [0.3, 0.4) is 0 Å². The molecule has 2 aromatic heterocycles. The molecule has 2 aromatic rings. The quantitative estimate of drug-likeness (QED) is 0.639. The molecule has 7 nitrogen and oxygen atoms in total. The highest BCUT2D eigenvalue weighted by Gasteiger charge is 2.07. The highest BCUT2D eigenvalue weighted by atomic mass is 35.5. The van der Waals surface area contributed by atoms with Crippen molar-refractivity contribution in [3.05, 3.63) is 39.8 Å². The summed E-state index contributed by atoms with van der Waals surface area (Å²) in [6, 6.07) is 4.44. The average molecular weight is 327 g/mol. The van der Waals surface area contributed by atoms with Crippen LogP contribution < -0.4 is 15.6 Å². The molecule has 2 heterocycles. The zero-order valence-corrected chi connectivity index (χ0v) is 12.5. The summed E-state index contributed by atoms with van der Waals surface area (Å²) in [6.07, 6.45) is 1.44. The lowest BCUT2D eigenvalue weighted by Crippen LogP contribution is -2.16. The fourth-order valence-corrected chi connectivity index (χ4v) is 2.13. The Morgan fingerprint density at radius 1 is 1.52 bits per heavy atom. The zero-order valence-electron chi connectivity index (χ0n) is 10.9. The summed E-state index contributed by atoms with van der Waals surface area (Å²) in [4.78, 5) is 33.6. The molecule has 0 saturated heterocycles. The second-order valence-electron chi connectivity index (χ2n) is 3.79. The molecule has 0 unspecified atom stereocenters. The number of thioether (sulfide) groups is 1. The van der Waals surface area contributed by atoms with Crippen LogP contribution in [0.2, 0.25) is 5.02 Å². The van der Waals surface area contributed by atoms with E-state index in [1.165, 1.54) is 19.4 Å². The Bertz CT molecular complexity index is 690. The van der Waals surface area contributed by atoms with Crippen molar-refractivity contribution in [2.24, 2.45) is 0 Å². The maximum atomic E-state index is 11.8. The van der Waals surface area contributed by atoms with Gasteiger partial charge in [0.15, 0.2) is 5.16 Å². The van der Waals surface area contributed by atoms with Crippen molar-refractivity contribution in [1.82, 2.24) is 15.0 Å². The second kappa shape index (κ2) is 7.09. The fourth-order valence-electron chi connectivity index (χ4n) is 1.35. The zero-order chi connectivity index (χ0) is 15.2. The molecule has 0 atom stereocenters. The summed E-state index contributed by atoms with van der Waals surface area (Å²) in [5, 5.41) is 3.39. The first kappa shape index (κ1) is 15.3. The minimum absolute atomic E-state index is 0.0699. The van der Waals surface area contributed by atoms with E-state index >= 15 is 0 Å². The smallest absolute Gasteiger partial charge is 0.255 e. The van der Waals surface area contributed by atoms with E-state index in [0.717, 1.165) is 11.8 Å². The lowest BCUT2D eigenvalue weighted by Gasteiger charge is -2.04. The number of methoxy groups -OCH3 is 1. The van der Waals surface area contributed by atoms with Gasteiger partial charge in [-0.3, -0.25) is 9.59 Å². The number of anilines is 1. The summed E-state index contributed by atoms with van der Waals surface area (Å²) < 4.78 is 4.88. The van der Waals surface area contributed by atoms with Gasteiger partial charge in [-0.05, 0) is 12.1 Å². The molecule has 0 aliphatic carbocycles. The number of halogens is 1. The molecule has 0 aliphatic heterocycles. The predicted molar refractivity (Wildman–Crippen MR) is 80.0 cm³/mol. The number of amides is 1. The molecule has 0 radical (unpaired) electrons. The van der Waals surface area contributed by atoms with E-state index in [-0.39, 0.29) is 23.1 Å². The monoisotopic (exact) mass is 326 g/mol. The molecule has 0 spiro atoms. The van der Waals surface area contributed by atoms with Gasteiger partial charge < -0.3 is 15.0 Å². The molecule has 21 heavy (non-hydrogen) atoms. The minimum Gasteiger partial charge on any atom is -0.481 e. The number of nitrogens with one attached hydrogen (secondary N) is 2. The first-order valence-corrected chi connectivity index (χ1v) is 7.13. The van der Waals surface area contributed by atoms with Gasteiger partial charge in [0, 0.05) is 6.20 Å². The molecule has 2 N–H and O–H groups in total. The molecule has 9 heteroatoms. The average Bonchev–Trinajstić information content (AvgIpc) is 2.47. The lowest BCUT2D eigenvalue weighted by atomic mass is 10.4. The molecule has 110 valence electrons. The van der Waals surface area contributed by atoms with E-state index < -0.39 is 0 Å². The van der Waals surface area contributed by atoms with Crippen molar-refractivity contribution in [1.29, 1.82) is 0 Å². The normalized spacial score (nSPS) is 10.2. The number of aromatic nitrogens is 3. The number of aromatic amines is 1. The van der Waals surface area contributed by atoms with Gasteiger partial charge in [-0.15, -0.1) is 0 Å². The van der Waals surface area contributed by atoms with Gasteiger partial charge in [0.1, 0.15) is 5.82 Å². The predicted octanol–water partition coefficient (Wildman–Crippen LogP) is 1.56. The van der Waals surface area contributed by atoms with Crippen LogP contribution in [0.5, 0.6) is 5.88 Å². The third kappa shape index (κ3) is 4.76. The number of rotatable bonds is 5. The highest BCUT2D eigenvalue weighted by molar-refractivity contribution is 7.99. The van der Waals surface area contributed by atoms with Crippen molar-refractivity contribution in [2.75, 3.05) is 18.2 Å². The molecular weight excluding hydrogens is 316 g/mol. The SMILES string of the molecule is COc1cc(=O)[nH]c(SCC(=O)Nc2ccc(Cl)cn2)n1. The number of carbonyl (C=O) groups excluding carboxylic acids is 1. The van der Waals surface area contributed by atoms with Crippen LogP contribution in [-0.4, -0.2) is 33.7 Å². The molecule has 2 rings (SSSR count). The number of carbonyl (C=O) groups is 1. The van der Waals surface area contributed by atoms with Crippen LogP contribution in [0.4, 0.5) is 5.82 Å². The number of nitrogens with zero attached hydrogens (tertiary/aromatic N) is 2. The molecule has 1 amide bonds. The number of hydrogen-bond acceptors (Lipinski definition) is 6. The Balaban J connectivity index is 1.93. The standard InChI is InChI=1S/C12H11ClN4O3S/c1-20-11-4-9(18)16-12(17-11)21-6-10(19)15-8-3-2-7(13)5-14-8/h2-5H,6H2,1H3,(H,14,15,19)(H,16,17,18).